The summed E-state index contributed by atoms with van der Waals surface area (Å²) in [5, 5.41) is 0. The maximum Gasteiger partial charge on any atom is -1.00 e. The summed E-state index contributed by atoms with van der Waals surface area (Å²) >= 11 is 1.64. The zero-order chi connectivity index (χ0) is 16.9. The van der Waals surface area contributed by atoms with E-state index in [0.29, 0.717) is 0 Å². The number of allylic oxidation sites excluding steroid dienone is 8. The molecule has 3 aliphatic rings. The van der Waals surface area contributed by atoms with E-state index in [4.69, 9.17) is 0 Å². The van der Waals surface area contributed by atoms with Crippen molar-refractivity contribution in [3.05, 3.63) is 82.0 Å². The molecule has 0 bridgehead atoms. The van der Waals surface area contributed by atoms with Crippen LogP contribution in [0.15, 0.2) is 76.4 Å². The van der Waals surface area contributed by atoms with Crippen LogP contribution in [0.2, 0.25) is 3.12 Å². The molecule has 26 heavy (non-hydrogen) atoms. The van der Waals surface area contributed by atoms with E-state index in [0.717, 1.165) is 6.42 Å². The van der Waals surface area contributed by atoms with Crippen molar-refractivity contribution in [1.82, 2.24) is 0 Å². The van der Waals surface area contributed by atoms with Gasteiger partial charge in [0.2, 0.25) is 0 Å². The number of hydrogen-bond donors (Lipinski definition) is 0. The molecule has 0 spiro atoms. The molecule has 4 rings (SSSR count). The maximum atomic E-state index is 2.48. The maximum absolute atomic E-state index is 2.48. The second-order valence-electron chi connectivity index (χ2n) is 7.73. The van der Waals surface area contributed by atoms with Crippen molar-refractivity contribution in [2.45, 2.75) is 55.0 Å². The van der Waals surface area contributed by atoms with Gasteiger partial charge in [0.05, 0.1) is 0 Å². The minimum absolute atomic E-state index is 0. The molecule has 0 amide bonds. The normalized spacial score (nSPS) is 30.0. The summed E-state index contributed by atoms with van der Waals surface area (Å²) in [6.07, 6.45) is 11.9. The van der Waals surface area contributed by atoms with Gasteiger partial charge in [0.25, 0.3) is 0 Å². The molecule has 135 valence electrons. The van der Waals surface area contributed by atoms with Gasteiger partial charge in [-0.25, -0.2) is 0 Å². The van der Waals surface area contributed by atoms with Gasteiger partial charge in [-0.15, -0.1) is 0 Å². The standard InChI is InChI=1S/C23H25.2ClH.Zr/c1-16-17(2)22-20(21(16)18-10-7-8-11-18)14-9-15-23(22,3)19-12-5-4-6-13-19;;;/h4-8,10,12-13H,9,11,14-15H2,1-3H3;2*1H;/q;;;+2/p-2. The van der Waals surface area contributed by atoms with E-state index in [-0.39, 0.29) is 33.4 Å². The van der Waals surface area contributed by atoms with Gasteiger partial charge in [0.15, 0.2) is 0 Å². The summed E-state index contributed by atoms with van der Waals surface area (Å²) in [7, 11) is 0. The van der Waals surface area contributed by atoms with Crippen molar-refractivity contribution in [2.24, 2.45) is 0 Å². The molecule has 0 nitrogen and oxygen atoms in total. The molecule has 1 aromatic rings. The van der Waals surface area contributed by atoms with Gasteiger partial charge >= 0.3 is 162 Å². The second kappa shape index (κ2) is 7.94. The Labute approximate surface area is 185 Å². The Morgan fingerprint density at radius 3 is 2.35 bits per heavy atom. The second-order valence-corrected chi connectivity index (χ2v) is 9.57. The first kappa shape index (κ1) is 21.9. The summed E-state index contributed by atoms with van der Waals surface area (Å²) in [4.78, 5) is 0. The minimum atomic E-state index is 0. The first-order chi connectivity index (χ1) is 11.5. The molecule has 0 N–H and O–H groups in total. The Morgan fingerprint density at radius 2 is 1.73 bits per heavy atom. The van der Waals surface area contributed by atoms with Crippen molar-refractivity contribution in [3.63, 3.8) is 0 Å². The van der Waals surface area contributed by atoms with Crippen molar-refractivity contribution in [3.8, 4) is 0 Å². The van der Waals surface area contributed by atoms with Gasteiger partial charge in [0, 0.05) is 0 Å². The van der Waals surface area contributed by atoms with Crippen molar-refractivity contribution in [1.29, 1.82) is 0 Å². The monoisotopic (exact) mass is 461 g/mol. The molecule has 1 aromatic carbocycles. The fraction of sp³-hybridized carbons (Fsp3) is 0.391. The van der Waals surface area contributed by atoms with Crippen molar-refractivity contribution in [2.75, 3.05) is 0 Å². The van der Waals surface area contributed by atoms with Crippen LogP contribution in [-0.2, 0) is 30.1 Å². The average molecular weight is 464 g/mol. The van der Waals surface area contributed by atoms with E-state index < -0.39 is 0 Å². The minimum Gasteiger partial charge on any atom is -1.00 e. The van der Waals surface area contributed by atoms with Gasteiger partial charge in [-0.05, 0) is 0 Å². The van der Waals surface area contributed by atoms with E-state index in [2.05, 4.69) is 69.3 Å². The topological polar surface area (TPSA) is 0 Å². The third kappa shape index (κ3) is 2.99. The summed E-state index contributed by atoms with van der Waals surface area (Å²) in [5.74, 6) is 0. The van der Waals surface area contributed by atoms with E-state index >= 15 is 0 Å². The number of halogens is 2. The molecule has 0 saturated heterocycles. The van der Waals surface area contributed by atoms with Crippen molar-refractivity contribution >= 4 is 0 Å². The zero-order valence-electron chi connectivity index (χ0n) is 15.7. The van der Waals surface area contributed by atoms with Gasteiger partial charge in [-0.1, -0.05) is 0 Å². The fourth-order valence-electron chi connectivity index (χ4n) is 5.17. The van der Waals surface area contributed by atoms with Gasteiger partial charge < -0.3 is 24.8 Å². The van der Waals surface area contributed by atoms with E-state index in [1.807, 2.05) is 0 Å². The van der Waals surface area contributed by atoms with Crippen LogP contribution in [0.1, 0.15) is 52.0 Å². The third-order valence-electron chi connectivity index (χ3n) is 6.57. The SMILES string of the molecule is CC1=C(C)[C]([Zr+2])(C2=CC=CC2)C2=C1C(C)(c1ccccc1)CCC2.[Cl-].[Cl-]. The molecular formula is C23H25Cl2Zr. The quantitative estimate of drug-likeness (QED) is 0.595. The number of benzene rings is 1. The van der Waals surface area contributed by atoms with Gasteiger partial charge in [0.1, 0.15) is 0 Å². The molecule has 0 saturated carbocycles. The van der Waals surface area contributed by atoms with E-state index in [9.17, 15) is 0 Å². The van der Waals surface area contributed by atoms with Crippen LogP contribution in [0.3, 0.4) is 0 Å². The summed E-state index contributed by atoms with van der Waals surface area (Å²) < 4.78 is 0.228. The van der Waals surface area contributed by atoms with Crippen LogP contribution in [0.5, 0.6) is 0 Å². The Bertz CT molecular complexity index is 816. The molecule has 2 unspecified atom stereocenters. The third-order valence-corrected chi connectivity index (χ3v) is 9.03. The molecule has 3 aliphatic carbocycles. The Balaban J connectivity index is 0.00000121. The largest absolute Gasteiger partial charge is 1.00 e. The van der Waals surface area contributed by atoms with Gasteiger partial charge in [-0.2, -0.15) is 0 Å². The van der Waals surface area contributed by atoms with E-state index in [1.165, 1.54) is 24.8 Å². The van der Waals surface area contributed by atoms with Crippen LogP contribution >= 0.6 is 0 Å². The number of hydrogen-bond acceptors (Lipinski definition) is 0. The molecular weight excluding hydrogens is 438 g/mol. The van der Waals surface area contributed by atoms with E-state index in [1.54, 1.807) is 52.6 Å². The molecule has 2 atom stereocenters. The predicted molar refractivity (Wildman–Crippen MR) is 97.6 cm³/mol. The molecule has 0 fully saturated rings. The van der Waals surface area contributed by atoms with Crippen molar-refractivity contribution < 1.29 is 49.5 Å². The van der Waals surface area contributed by atoms with Crippen LogP contribution in [0.4, 0.5) is 0 Å². The Hall–Kier alpha value is -0.357. The molecule has 0 heterocycles. The fourth-order valence-corrected chi connectivity index (χ4v) is 6.70. The van der Waals surface area contributed by atoms with Crippen LogP contribution < -0.4 is 24.8 Å². The Morgan fingerprint density at radius 1 is 1.04 bits per heavy atom. The first-order valence-corrected chi connectivity index (χ1v) is 10.3. The van der Waals surface area contributed by atoms with Gasteiger partial charge in [-0.3, -0.25) is 0 Å². The first-order valence-electron chi connectivity index (χ1n) is 9.08. The predicted octanol–water partition coefficient (Wildman–Crippen LogP) is 0.375. The number of rotatable bonds is 2. The molecule has 0 aliphatic heterocycles. The Kier molecular flexibility index (Phi) is 6.70. The zero-order valence-corrected chi connectivity index (χ0v) is 19.7. The van der Waals surface area contributed by atoms with Crippen LogP contribution in [-0.4, -0.2) is 0 Å². The summed E-state index contributed by atoms with van der Waals surface area (Å²) in [5.41, 5.74) is 9.88. The molecule has 0 radical (unpaired) electrons. The average Bonchev–Trinajstić information content (AvgIpc) is 3.21. The summed E-state index contributed by atoms with van der Waals surface area (Å²) in [6, 6.07) is 11.2. The van der Waals surface area contributed by atoms with Crippen LogP contribution in [0, 0.1) is 0 Å². The smallest absolute Gasteiger partial charge is 1.00 e. The summed E-state index contributed by atoms with van der Waals surface area (Å²) in [6.45, 7) is 7.26. The molecule has 3 heteroatoms. The van der Waals surface area contributed by atoms with Crippen LogP contribution in [0.25, 0.3) is 0 Å². The molecule has 0 aromatic heterocycles.